The monoisotopic (exact) mass is 505 g/mol. The molecule has 37 heavy (non-hydrogen) atoms. The van der Waals surface area contributed by atoms with Gasteiger partial charge in [0.05, 0.1) is 5.39 Å². The summed E-state index contributed by atoms with van der Waals surface area (Å²) in [6.07, 6.45) is 3.75. The van der Waals surface area contributed by atoms with Crippen LogP contribution in [0.2, 0.25) is 0 Å². The number of hydrogen-bond donors (Lipinski definition) is 5. The van der Waals surface area contributed by atoms with E-state index < -0.39 is 52.9 Å². The number of carboxylic acid groups (broad SMARTS) is 1. The van der Waals surface area contributed by atoms with E-state index in [0.29, 0.717) is 5.69 Å². The number of carbonyl (C=O) groups excluding carboxylic acids is 2. The van der Waals surface area contributed by atoms with Gasteiger partial charge in [-0.2, -0.15) is 0 Å². The number of carbonyl (C=O) groups is 3. The zero-order valence-electron chi connectivity index (χ0n) is 18.9. The molecule has 1 unspecified atom stereocenters. The number of ether oxygens (including phenoxy) is 1. The minimum absolute atomic E-state index is 0.0195. The first-order chi connectivity index (χ1) is 17.7. The van der Waals surface area contributed by atoms with E-state index in [1.807, 2.05) is 0 Å². The summed E-state index contributed by atoms with van der Waals surface area (Å²) in [4.78, 5) is 54.3. The number of nitrogens with one attached hydrogen (secondary N) is 2. The van der Waals surface area contributed by atoms with Crippen LogP contribution >= 0.6 is 0 Å². The maximum atomic E-state index is 13.3. The zero-order valence-corrected chi connectivity index (χ0v) is 18.9. The summed E-state index contributed by atoms with van der Waals surface area (Å²) in [6, 6.07) is 9.57. The summed E-state index contributed by atoms with van der Waals surface area (Å²) < 4.78 is 10.6. The Kier molecular flexibility index (Phi) is 7.00. The van der Waals surface area contributed by atoms with Gasteiger partial charge in [-0.1, -0.05) is 18.2 Å². The number of phenols is 2. The van der Waals surface area contributed by atoms with Crippen molar-refractivity contribution in [3.63, 3.8) is 0 Å². The van der Waals surface area contributed by atoms with Crippen molar-refractivity contribution in [3.8, 4) is 17.2 Å². The summed E-state index contributed by atoms with van der Waals surface area (Å²) in [7, 11) is 0. The average Bonchev–Trinajstić information content (AvgIpc) is 2.88. The van der Waals surface area contributed by atoms with E-state index in [1.54, 1.807) is 12.1 Å². The highest BCUT2D eigenvalue weighted by Gasteiger charge is 2.28. The van der Waals surface area contributed by atoms with Crippen LogP contribution in [0.15, 0.2) is 76.4 Å². The zero-order chi connectivity index (χ0) is 26.5. The van der Waals surface area contributed by atoms with Crippen LogP contribution < -0.4 is 20.8 Å². The molecule has 0 radical (unpaired) electrons. The number of benzene rings is 2. The van der Waals surface area contributed by atoms with Crippen LogP contribution in [0.3, 0.4) is 0 Å². The Balaban J connectivity index is 1.72. The number of carboxylic acids is 1. The standard InChI is InChI=1S/C25H19N3O9/c29-17-9-15-20(10-18(17)30)36-11-16(23(15)33)24(34)28-22(25(35)27-13-5-7-26-8-6-13)14-3-1-2-4-19(14)37-12-21(31)32/h1-11,22,29-30H,12H2,(H,28,34)(H,31,32)(H,26,27,35). The molecule has 2 aromatic carbocycles. The summed E-state index contributed by atoms with van der Waals surface area (Å²) >= 11 is 0. The molecule has 12 nitrogen and oxygen atoms in total. The van der Waals surface area contributed by atoms with Crippen LogP contribution in [0.1, 0.15) is 22.0 Å². The number of fused-ring (bicyclic) bond motifs is 1. The fourth-order valence-corrected chi connectivity index (χ4v) is 3.44. The Hall–Kier alpha value is -5.39. The first-order valence-corrected chi connectivity index (χ1v) is 10.7. The molecule has 4 aromatic rings. The van der Waals surface area contributed by atoms with Gasteiger partial charge in [-0.15, -0.1) is 0 Å². The molecule has 0 bridgehead atoms. The van der Waals surface area contributed by atoms with Crippen molar-refractivity contribution in [1.29, 1.82) is 0 Å². The molecule has 2 aromatic heterocycles. The van der Waals surface area contributed by atoms with Crippen LogP contribution in [0, 0.1) is 0 Å². The summed E-state index contributed by atoms with van der Waals surface area (Å²) in [6.45, 7) is -0.700. The minimum Gasteiger partial charge on any atom is -0.504 e. The number of aromatic hydroxyl groups is 2. The van der Waals surface area contributed by atoms with E-state index in [1.165, 1.54) is 36.7 Å². The van der Waals surface area contributed by atoms with E-state index in [2.05, 4.69) is 15.6 Å². The van der Waals surface area contributed by atoms with Gasteiger partial charge in [0.25, 0.3) is 11.8 Å². The van der Waals surface area contributed by atoms with Gasteiger partial charge in [0.15, 0.2) is 18.1 Å². The lowest BCUT2D eigenvalue weighted by atomic mass is 10.0. The molecule has 12 heteroatoms. The highest BCUT2D eigenvalue weighted by Crippen LogP contribution is 2.29. The maximum absolute atomic E-state index is 13.3. The molecule has 0 aliphatic rings. The Morgan fingerprint density at radius 2 is 1.73 bits per heavy atom. The van der Waals surface area contributed by atoms with Gasteiger partial charge in [-0.05, 0) is 24.3 Å². The second-order valence-electron chi connectivity index (χ2n) is 7.67. The molecule has 5 N–H and O–H groups in total. The Morgan fingerprint density at radius 1 is 1.03 bits per heavy atom. The molecule has 4 rings (SSSR count). The first-order valence-electron chi connectivity index (χ1n) is 10.7. The number of aromatic nitrogens is 1. The molecule has 2 heterocycles. The number of amides is 2. The quantitative estimate of drug-likeness (QED) is 0.222. The van der Waals surface area contributed by atoms with E-state index >= 15 is 0 Å². The molecule has 0 aliphatic heterocycles. The van der Waals surface area contributed by atoms with Crippen molar-refractivity contribution in [2.24, 2.45) is 0 Å². The number of phenolic OH excluding ortho intramolecular Hbond substituents is 2. The van der Waals surface area contributed by atoms with Crippen molar-refractivity contribution in [2.75, 3.05) is 11.9 Å². The number of aliphatic carboxylic acids is 1. The number of hydrogen-bond acceptors (Lipinski definition) is 9. The number of pyridine rings is 1. The number of rotatable bonds is 8. The number of nitrogens with zero attached hydrogens (tertiary/aromatic N) is 1. The molecule has 2 amide bonds. The first kappa shape index (κ1) is 24.7. The van der Waals surface area contributed by atoms with Gasteiger partial charge in [0.2, 0.25) is 5.43 Å². The van der Waals surface area contributed by atoms with Crippen molar-refractivity contribution in [2.45, 2.75) is 6.04 Å². The lowest BCUT2D eigenvalue weighted by Crippen LogP contribution is -2.39. The Labute approximate surface area is 207 Å². The minimum atomic E-state index is -1.44. The molecular formula is C25H19N3O9. The molecule has 1 atom stereocenters. The topological polar surface area (TPSA) is 188 Å². The third kappa shape index (κ3) is 5.48. The lowest BCUT2D eigenvalue weighted by molar-refractivity contribution is -0.139. The van der Waals surface area contributed by atoms with Crippen LogP contribution in [-0.4, -0.2) is 44.7 Å². The van der Waals surface area contributed by atoms with Gasteiger partial charge in [-0.3, -0.25) is 19.4 Å². The van der Waals surface area contributed by atoms with Crippen molar-refractivity contribution in [3.05, 3.63) is 88.5 Å². The molecule has 0 spiro atoms. The molecule has 0 saturated heterocycles. The predicted molar refractivity (Wildman–Crippen MR) is 128 cm³/mol. The van der Waals surface area contributed by atoms with E-state index in [0.717, 1.165) is 18.4 Å². The van der Waals surface area contributed by atoms with Crippen LogP contribution in [0.5, 0.6) is 17.2 Å². The summed E-state index contributed by atoms with van der Waals surface area (Å²) in [5.74, 6) is -4.05. The third-order valence-corrected chi connectivity index (χ3v) is 5.18. The van der Waals surface area contributed by atoms with Crippen molar-refractivity contribution in [1.82, 2.24) is 10.3 Å². The molecular weight excluding hydrogens is 486 g/mol. The summed E-state index contributed by atoms with van der Waals surface area (Å²) in [5, 5.41) is 33.3. The Morgan fingerprint density at radius 3 is 2.46 bits per heavy atom. The van der Waals surface area contributed by atoms with Gasteiger partial charge < -0.3 is 35.1 Å². The highest BCUT2D eigenvalue weighted by molar-refractivity contribution is 6.02. The van der Waals surface area contributed by atoms with Crippen molar-refractivity contribution >= 4 is 34.4 Å². The van der Waals surface area contributed by atoms with Gasteiger partial charge in [0.1, 0.15) is 29.2 Å². The predicted octanol–water partition coefficient (Wildman–Crippen LogP) is 2.17. The largest absolute Gasteiger partial charge is 0.504 e. The second-order valence-corrected chi connectivity index (χ2v) is 7.67. The fourth-order valence-electron chi connectivity index (χ4n) is 3.44. The molecule has 188 valence electrons. The molecule has 0 fully saturated rings. The summed E-state index contributed by atoms with van der Waals surface area (Å²) in [5.41, 5.74) is -0.891. The van der Waals surface area contributed by atoms with Crippen LogP contribution in [0.4, 0.5) is 5.69 Å². The third-order valence-electron chi connectivity index (χ3n) is 5.18. The van der Waals surface area contributed by atoms with E-state index in [-0.39, 0.29) is 22.3 Å². The Bertz CT molecular complexity index is 1550. The molecule has 0 saturated carbocycles. The maximum Gasteiger partial charge on any atom is 0.341 e. The van der Waals surface area contributed by atoms with Gasteiger partial charge in [-0.25, -0.2) is 4.79 Å². The molecule has 0 aliphatic carbocycles. The van der Waals surface area contributed by atoms with Crippen LogP contribution in [-0.2, 0) is 9.59 Å². The average molecular weight is 505 g/mol. The smallest absolute Gasteiger partial charge is 0.341 e. The van der Waals surface area contributed by atoms with E-state index in [9.17, 15) is 29.4 Å². The van der Waals surface area contributed by atoms with Gasteiger partial charge in [0, 0.05) is 29.7 Å². The fraction of sp³-hybridized carbons (Fsp3) is 0.0800. The van der Waals surface area contributed by atoms with Crippen molar-refractivity contribution < 1.29 is 38.9 Å². The SMILES string of the molecule is O=C(O)COc1ccccc1C(NC(=O)c1coc2cc(O)c(O)cc2c1=O)C(=O)Nc1ccncc1. The van der Waals surface area contributed by atoms with E-state index in [4.69, 9.17) is 14.3 Å². The number of para-hydroxylation sites is 1. The number of anilines is 1. The van der Waals surface area contributed by atoms with Gasteiger partial charge >= 0.3 is 5.97 Å². The highest BCUT2D eigenvalue weighted by atomic mass is 16.5. The van der Waals surface area contributed by atoms with Crippen LogP contribution in [0.25, 0.3) is 11.0 Å². The normalized spacial score (nSPS) is 11.5. The second kappa shape index (κ2) is 10.5. The lowest BCUT2D eigenvalue weighted by Gasteiger charge is -2.21.